The minimum absolute atomic E-state index is 0. The Morgan fingerprint density at radius 3 is 2.66 bits per heavy atom. The zero-order valence-electron chi connectivity index (χ0n) is 18.0. The Balaban J connectivity index is 0.00000363. The van der Waals surface area contributed by atoms with Crippen LogP contribution < -0.4 is 16.0 Å². The van der Waals surface area contributed by atoms with Gasteiger partial charge in [0.2, 0.25) is 11.8 Å². The molecule has 0 spiro atoms. The number of anilines is 1. The summed E-state index contributed by atoms with van der Waals surface area (Å²) in [6.45, 7) is 1.99. The molecule has 2 aromatic rings. The lowest BCUT2D eigenvalue weighted by Gasteiger charge is -2.18. The molecule has 0 bridgehead atoms. The maximum absolute atomic E-state index is 13.2. The number of amides is 2. The lowest BCUT2D eigenvalue weighted by Crippen LogP contribution is -2.43. The fourth-order valence-corrected chi connectivity index (χ4v) is 3.51. The third kappa shape index (κ3) is 8.10. The molecule has 2 aromatic carbocycles. The van der Waals surface area contributed by atoms with Gasteiger partial charge in [0.05, 0.1) is 6.54 Å². The van der Waals surface area contributed by atoms with Gasteiger partial charge >= 0.3 is 0 Å². The lowest BCUT2D eigenvalue weighted by atomic mass is 10.1. The van der Waals surface area contributed by atoms with E-state index in [9.17, 15) is 14.0 Å². The van der Waals surface area contributed by atoms with Crippen LogP contribution in [0.4, 0.5) is 10.1 Å². The van der Waals surface area contributed by atoms with Crippen LogP contribution >= 0.6 is 24.0 Å². The molecule has 2 amide bonds. The summed E-state index contributed by atoms with van der Waals surface area (Å²) >= 11 is 0. The number of carbonyl (C=O) groups excluding carboxylic acids is 2. The van der Waals surface area contributed by atoms with E-state index in [1.807, 2.05) is 23.1 Å². The average Bonchev–Trinajstić information content (AvgIpc) is 3.12. The second kappa shape index (κ2) is 13.0. The minimum Gasteiger partial charge on any atom is -0.356 e. The lowest BCUT2D eigenvalue weighted by molar-refractivity contribution is -0.127. The first-order chi connectivity index (χ1) is 15.0. The van der Waals surface area contributed by atoms with Crippen LogP contribution in [0.1, 0.15) is 12.0 Å². The third-order valence-electron chi connectivity index (χ3n) is 5.11. The fourth-order valence-electron chi connectivity index (χ4n) is 3.51. The van der Waals surface area contributed by atoms with E-state index >= 15 is 0 Å². The Morgan fingerprint density at radius 2 is 1.94 bits per heavy atom. The number of hydrogen-bond acceptors (Lipinski definition) is 3. The van der Waals surface area contributed by atoms with Crippen LogP contribution in [-0.2, 0) is 16.0 Å². The van der Waals surface area contributed by atoms with Gasteiger partial charge in [0.25, 0.3) is 0 Å². The van der Waals surface area contributed by atoms with Crippen molar-refractivity contribution < 1.29 is 14.0 Å². The molecule has 1 aliphatic rings. The predicted octanol–water partition coefficient (Wildman–Crippen LogP) is 2.64. The molecule has 3 rings (SSSR count). The molecule has 0 aromatic heterocycles. The van der Waals surface area contributed by atoms with Gasteiger partial charge in [-0.25, -0.2) is 4.39 Å². The predicted molar refractivity (Wildman–Crippen MR) is 135 cm³/mol. The number of likely N-dealkylation sites (tertiary alicyclic amines) is 1. The zero-order chi connectivity index (χ0) is 22.1. The zero-order valence-corrected chi connectivity index (χ0v) is 20.3. The van der Waals surface area contributed by atoms with Gasteiger partial charge in [-0.05, 0) is 30.2 Å². The molecule has 1 unspecified atom stereocenters. The van der Waals surface area contributed by atoms with E-state index in [1.54, 1.807) is 13.1 Å². The number of aliphatic imine (C=N–C) groups is 1. The quantitative estimate of drug-likeness (QED) is 0.267. The molecule has 32 heavy (non-hydrogen) atoms. The Kier molecular flexibility index (Phi) is 10.4. The number of guanidine groups is 1. The van der Waals surface area contributed by atoms with Crippen LogP contribution in [0, 0.1) is 11.7 Å². The molecular formula is C23H29FIN5O2. The number of halogens is 2. The van der Waals surface area contributed by atoms with E-state index in [4.69, 9.17) is 0 Å². The van der Waals surface area contributed by atoms with E-state index in [-0.39, 0.29) is 48.3 Å². The highest BCUT2D eigenvalue weighted by atomic mass is 127. The molecular weight excluding hydrogens is 524 g/mol. The monoisotopic (exact) mass is 553 g/mol. The van der Waals surface area contributed by atoms with Crippen molar-refractivity contribution >= 4 is 47.4 Å². The summed E-state index contributed by atoms with van der Waals surface area (Å²) in [6.07, 6.45) is 1.34. The maximum atomic E-state index is 13.2. The van der Waals surface area contributed by atoms with Crippen molar-refractivity contribution in [3.8, 4) is 0 Å². The molecule has 0 radical (unpaired) electrons. The number of nitrogens with zero attached hydrogens (tertiary/aromatic N) is 2. The van der Waals surface area contributed by atoms with E-state index in [1.165, 1.54) is 23.8 Å². The van der Waals surface area contributed by atoms with Gasteiger partial charge in [0, 0.05) is 44.7 Å². The second-order valence-electron chi connectivity index (χ2n) is 7.51. The molecule has 3 N–H and O–H groups in total. The van der Waals surface area contributed by atoms with Crippen molar-refractivity contribution in [3.63, 3.8) is 0 Å². The number of nitrogens with one attached hydrogen (secondary N) is 3. The van der Waals surface area contributed by atoms with Crippen molar-refractivity contribution in [2.45, 2.75) is 12.8 Å². The van der Waals surface area contributed by atoms with Crippen molar-refractivity contribution in [2.75, 3.05) is 38.5 Å². The molecule has 7 nitrogen and oxygen atoms in total. The van der Waals surface area contributed by atoms with Gasteiger partial charge in [0.15, 0.2) is 5.96 Å². The van der Waals surface area contributed by atoms with Crippen LogP contribution in [0.2, 0.25) is 0 Å². The largest absolute Gasteiger partial charge is 0.356 e. The summed E-state index contributed by atoms with van der Waals surface area (Å²) in [7, 11) is 1.62. The Morgan fingerprint density at radius 1 is 1.16 bits per heavy atom. The van der Waals surface area contributed by atoms with Crippen molar-refractivity contribution in [2.24, 2.45) is 10.9 Å². The van der Waals surface area contributed by atoms with Crippen LogP contribution in [0.3, 0.4) is 0 Å². The Labute approximate surface area is 204 Å². The highest BCUT2D eigenvalue weighted by molar-refractivity contribution is 14.0. The first kappa shape index (κ1) is 25.6. The van der Waals surface area contributed by atoms with Crippen LogP contribution in [-0.4, -0.2) is 55.9 Å². The summed E-state index contributed by atoms with van der Waals surface area (Å²) in [5.41, 5.74) is 1.62. The summed E-state index contributed by atoms with van der Waals surface area (Å²) in [5.74, 6) is 0.108. The molecule has 172 valence electrons. The van der Waals surface area contributed by atoms with Gasteiger partial charge in [-0.2, -0.15) is 0 Å². The summed E-state index contributed by atoms with van der Waals surface area (Å²) in [6, 6.07) is 15.9. The summed E-state index contributed by atoms with van der Waals surface area (Å²) in [4.78, 5) is 30.4. The minimum atomic E-state index is -0.410. The first-order valence-corrected chi connectivity index (χ1v) is 10.3. The number of rotatable bonds is 8. The van der Waals surface area contributed by atoms with Gasteiger partial charge < -0.3 is 20.9 Å². The number of carbonyl (C=O) groups is 2. The van der Waals surface area contributed by atoms with Gasteiger partial charge in [-0.1, -0.05) is 36.4 Å². The van der Waals surface area contributed by atoms with Crippen molar-refractivity contribution in [1.82, 2.24) is 15.5 Å². The Bertz CT molecular complexity index is 926. The average molecular weight is 553 g/mol. The van der Waals surface area contributed by atoms with Gasteiger partial charge in [-0.3, -0.25) is 14.6 Å². The van der Waals surface area contributed by atoms with E-state index in [0.29, 0.717) is 37.7 Å². The fraction of sp³-hybridized carbons (Fsp3) is 0.348. The van der Waals surface area contributed by atoms with E-state index < -0.39 is 5.82 Å². The SMILES string of the molecule is CN=C(NCC(=O)Nc1cccc(F)c1)NCC1CC(=O)N(CCc2ccccc2)C1.I. The van der Waals surface area contributed by atoms with Crippen molar-refractivity contribution in [3.05, 3.63) is 66.0 Å². The van der Waals surface area contributed by atoms with E-state index in [2.05, 4.69) is 33.1 Å². The van der Waals surface area contributed by atoms with Crippen LogP contribution in [0.25, 0.3) is 0 Å². The number of benzene rings is 2. The maximum Gasteiger partial charge on any atom is 0.243 e. The smallest absolute Gasteiger partial charge is 0.243 e. The Hall–Kier alpha value is -2.69. The molecule has 1 saturated heterocycles. The standard InChI is InChI=1S/C23H28FN5O2.HI/c1-25-23(27-15-21(30)28-20-9-5-8-19(24)13-20)26-14-18-12-22(31)29(16-18)11-10-17-6-3-2-4-7-17;/h2-9,13,18H,10-12,14-16H2,1H3,(H,28,30)(H2,25,26,27);1H. The summed E-state index contributed by atoms with van der Waals surface area (Å²) < 4.78 is 13.2. The highest BCUT2D eigenvalue weighted by Crippen LogP contribution is 2.17. The molecule has 1 aliphatic heterocycles. The van der Waals surface area contributed by atoms with Gasteiger partial charge in [-0.15, -0.1) is 24.0 Å². The topological polar surface area (TPSA) is 85.8 Å². The first-order valence-electron chi connectivity index (χ1n) is 10.3. The van der Waals surface area contributed by atoms with Crippen LogP contribution in [0.5, 0.6) is 0 Å². The normalized spacial score (nSPS) is 15.8. The molecule has 0 aliphatic carbocycles. The van der Waals surface area contributed by atoms with Crippen molar-refractivity contribution in [1.29, 1.82) is 0 Å². The molecule has 1 fully saturated rings. The van der Waals surface area contributed by atoms with Crippen LogP contribution in [0.15, 0.2) is 59.6 Å². The molecule has 0 saturated carbocycles. The molecule has 9 heteroatoms. The molecule has 1 atom stereocenters. The third-order valence-corrected chi connectivity index (χ3v) is 5.11. The number of hydrogen-bond donors (Lipinski definition) is 3. The summed E-state index contributed by atoms with van der Waals surface area (Å²) in [5, 5.41) is 8.73. The highest BCUT2D eigenvalue weighted by Gasteiger charge is 2.29. The second-order valence-corrected chi connectivity index (χ2v) is 7.51. The van der Waals surface area contributed by atoms with Gasteiger partial charge in [0.1, 0.15) is 5.82 Å². The molecule has 1 heterocycles. The van der Waals surface area contributed by atoms with E-state index in [0.717, 1.165) is 6.42 Å².